The van der Waals surface area contributed by atoms with Crippen molar-refractivity contribution in [1.29, 1.82) is 0 Å². The van der Waals surface area contributed by atoms with E-state index in [1.165, 1.54) is 0 Å². The molecule has 0 bridgehead atoms. The Kier molecular flexibility index (Phi) is 2.97. The summed E-state index contributed by atoms with van der Waals surface area (Å²) in [7, 11) is 0. The average Bonchev–Trinajstić information content (AvgIpc) is 2.92. The zero-order valence-electron chi connectivity index (χ0n) is 12.5. The van der Waals surface area contributed by atoms with Crippen LogP contribution in [0.25, 0.3) is 0 Å². The molecule has 0 radical (unpaired) electrons. The normalized spacial score (nSPS) is 27.2. The van der Waals surface area contributed by atoms with Crippen LogP contribution in [0.2, 0.25) is 0 Å². The third-order valence-corrected chi connectivity index (χ3v) is 4.01. The number of hydrogen-bond acceptors (Lipinski definition) is 4. The van der Waals surface area contributed by atoms with Gasteiger partial charge in [0, 0.05) is 12.2 Å². The molecular weight excluding hydrogens is 268 g/mol. The summed E-state index contributed by atoms with van der Waals surface area (Å²) in [6.45, 7) is 6.00. The topological polar surface area (TPSA) is 67.4 Å². The number of carbonyl (C=O) groups is 2. The number of nitrogens with one attached hydrogen (secondary N) is 2. The second-order valence-electron chi connectivity index (χ2n) is 6.74. The van der Waals surface area contributed by atoms with Gasteiger partial charge in [0.15, 0.2) is 0 Å². The Morgan fingerprint density at radius 3 is 2.76 bits per heavy atom. The molecule has 112 valence electrons. The van der Waals surface area contributed by atoms with Gasteiger partial charge in [-0.2, -0.15) is 0 Å². The molecule has 1 amide bonds. The monoisotopic (exact) mass is 288 g/mol. The number of ether oxygens (including phenoxy) is 1. The van der Waals surface area contributed by atoms with Crippen LogP contribution in [-0.4, -0.2) is 30.1 Å². The molecule has 2 aliphatic heterocycles. The molecule has 0 aromatic heterocycles. The molecule has 1 spiro atoms. The Hall–Kier alpha value is -2.04. The molecule has 0 saturated carbocycles. The van der Waals surface area contributed by atoms with Crippen molar-refractivity contribution >= 4 is 17.6 Å². The summed E-state index contributed by atoms with van der Waals surface area (Å²) in [5, 5.41) is 6.05. The first-order valence-corrected chi connectivity index (χ1v) is 7.19. The van der Waals surface area contributed by atoms with Crippen LogP contribution in [0.5, 0.6) is 0 Å². The fourth-order valence-electron chi connectivity index (χ4n) is 3.08. The summed E-state index contributed by atoms with van der Waals surface area (Å²) in [5.74, 6) is -0.465. The van der Waals surface area contributed by atoms with Crippen LogP contribution in [0.3, 0.4) is 0 Å². The van der Waals surface area contributed by atoms with E-state index in [0.717, 1.165) is 11.3 Å². The maximum atomic E-state index is 12.5. The highest BCUT2D eigenvalue weighted by molar-refractivity contribution is 5.99. The number of fused-ring (bicyclic) bond motifs is 2. The molecule has 5 heteroatoms. The molecule has 2 N–H and O–H groups in total. The molecule has 1 aromatic rings. The first-order valence-electron chi connectivity index (χ1n) is 7.19. The molecule has 2 unspecified atom stereocenters. The van der Waals surface area contributed by atoms with Gasteiger partial charge in [-0.15, -0.1) is 0 Å². The zero-order chi connectivity index (χ0) is 15.3. The maximum absolute atomic E-state index is 12.5. The van der Waals surface area contributed by atoms with E-state index in [1.54, 1.807) is 0 Å². The predicted octanol–water partition coefficient (Wildman–Crippen LogP) is 1.58. The van der Waals surface area contributed by atoms with Gasteiger partial charge >= 0.3 is 5.97 Å². The van der Waals surface area contributed by atoms with Gasteiger partial charge in [0.1, 0.15) is 11.6 Å². The van der Waals surface area contributed by atoms with Crippen LogP contribution < -0.4 is 10.6 Å². The first kappa shape index (κ1) is 13.9. The third kappa shape index (κ3) is 2.26. The Morgan fingerprint density at radius 2 is 2.05 bits per heavy atom. The summed E-state index contributed by atoms with van der Waals surface area (Å²) in [6, 6.07) is 7.18. The average molecular weight is 288 g/mol. The molecule has 2 atom stereocenters. The molecule has 2 aliphatic rings. The van der Waals surface area contributed by atoms with Crippen molar-refractivity contribution < 1.29 is 14.3 Å². The Morgan fingerprint density at radius 1 is 1.33 bits per heavy atom. The quantitative estimate of drug-likeness (QED) is 0.770. The minimum absolute atomic E-state index is 0.101. The van der Waals surface area contributed by atoms with Crippen LogP contribution in [0.1, 0.15) is 32.8 Å². The number of carbonyl (C=O) groups excluding carboxylic acids is 2. The van der Waals surface area contributed by atoms with E-state index < -0.39 is 17.1 Å². The lowest BCUT2D eigenvalue weighted by Crippen LogP contribution is -2.39. The van der Waals surface area contributed by atoms with Crippen LogP contribution in [0, 0.1) is 0 Å². The second kappa shape index (κ2) is 4.48. The van der Waals surface area contributed by atoms with Crippen molar-refractivity contribution in [2.75, 3.05) is 11.9 Å². The smallest absolute Gasteiger partial charge is 0.329 e. The van der Waals surface area contributed by atoms with Crippen molar-refractivity contribution in [2.24, 2.45) is 0 Å². The van der Waals surface area contributed by atoms with Crippen molar-refractivity contribution in [2.45, 2.75) is 44.2 Å². The van der Waals surface area contributed by atoms with E-state index in [0.29, 0.717) is 13.0 Å². The molecule has 3 rings (SSSR count). The van der Waals surface area contributed by atoms with Gasteiger partial charge in [-0.3, -0.25) is 4.79 Å². The standard InChI is InChI=1S/C16H20N2O3/c1-15(2,3)21-13(19)12-8-16(14(20)18-12)9-17-11-7-5-4-6-10(11)16/h4-7,12,17H,8-9H2,1-3H3,(H,18,20). The lowest BCUT2D eigenvalue weighted by Gasteiger charge is -2.22. The lowest BCUT2D eigenvalue weighted by molar-refractivity contribution is -0.157. The Balaban J connectivity index is 1.85. The first-order chi connectivity index (χ1) is 9.82. The summed E-state index contributed by atoms with van der Waals surface area (Å²) in [6.07, 6.45) is 0.435. The predicted molar refractivity (Wildman–Crippen MR) is 79.0 cm³/mol. The number of benzene rings is 1. The molecule has 0 aliphatic carbocycles. The van der Waals surface area contributed by atoms with Crippen LogP contribution >= 0.6 is 0 Å². The fourth-order valence-corrected chi connectivity index (χ4v) is 3.08. The van der Waals surface area contributed by atoms with Gasteiger partial charge in [-0.25, -0.2) is 4.79 Å². The van der Waals surface area contributed by atoms with E-state index in [2.05, 4.69) is 10.6 Å². The highest BCUT2D eigenvalue weighted by atomic mass is 16.6. The molecule has 1 saturated heterocycles. The van der Waals surface area contributed by atoms with Crippen LogP contribution in [-0.2, 0) is 19.7 Å². The number of rotatable bonds is 1. The van der Waals surface area contributed by atoms with Gasteiger partial charge in [-0.05, 0) is 38.8 Å². The highest BCUT2D eigenvalue weighted by Gasteiger charge is 2.54. The van der Waals surface area contributed by atoms with E-state index in [1.807, 2.05) is 45.0 Å². The zero-order valence-corrected chi connectivity index (χ0v) is 12.5. The van der Waals surface area contributed by atoms with E-state index >= 15 is 0 Å². The molecule has 21 heavy (non-hydrogen) atoms. The molecular formula is C16H20N2O3. The maximum Gasteiger partial charge on any atom is 0.329 e. The minimum atomic E-state index is -0.655. The molecule has 5 nitrogen and oxygen atoms in total. The van der Waals surface area contributed by atoms with Crippen molar-refractivity contribution in [1.82, 2.24) is 5.32 Å². The lowest BCUT2D eigenvalue weighted by atomic mass is 9.79. The Bertz CT molecular complexity index is 606. The van der Waals surface area contributed by atoms with E-state index in [9.17, 15) is 9.59 Å². The van der Waals surface area contributed by atoms with Gasteiger partial charge in [0.2, 0.25) is 5.91 Å². The number of para-hydroxylation sites is 1. The SMILES string of the molecule is CC(C)(C)OC(=O)C1CC2(CNc3ccccc32)C(=O)N1. The van der Waals surface area contributed by atoms with Gasteiger partial charge in [0.05, 0.1) is 5.41 Å². The van der Waals surface area contributed by atoms with E-state index in [4.69, 9.17) is 4.74 Å². The van der Waals surface area contributed by atoms with Crippen LogP contribution in [0.15, 0.2) is 24.3 Å². The summed E-state index contributed by atoms with van der Waals surface area (Å²) < 4.78 is 5.39. The summed E-state index contributed by atoms with van der Waals surface area (Å²) in [5.41, 5.74) is 0.729. The van der Waals surface area contributed by atoms with Crippen LogP contribution in [0.4, 0.5) is 5.69 Å². The summed E-state index contributed by atoms with van der Waals surface area (Å²) >= 11 is 0. The van der Waals surface area contributed by atoms with Gasteiger partial charge in [0.25, 0.3) is 0 Å². The number of amides is 1. The fraction of sp³-hybridized carbons (Fsp3) is 0.500. The number of anilines is 1. The number of esters is 1. The van der Waals surface area contributed by atoms with Gasteiger partial charge < -0.3 is 15.4 Å². The van der Waals surface area contributed by atoms with E-state index in [-0.39, 0.29) is 11.9 Å². The number of hydrogen-bond donors (Lipinski definition) is 2. The minimum Gasteiger partial charge on any atom is -0.458 e. The second-order valence-corrected chi connectivity index (χ2v) is 6.74. The van der Waals surface area contributed by atoms with Crippen molar-refractivity contribution in [3.8, 4) is 0 Å². The van der Waals surface area contributed by atoms with Crippen molar-refractivity contribution in [3.05, 3.63) is 29.8 Å². The largest absolute Gasteiger partial charge is 0.458 e. The Labute approximate surface area is 124 Å². The molecule has 1 fully saturated rings. The molecule has 1 aromatic carbocycles. The molecule has 2 heterocycles. The summed E-state index contributed by atoms with van der Waals surface area (Å²) in [4.78, 5) is 24.7. The third-order valence-electron chi connectivity index (χ3n) is 4.01. The van der Waals surface area contributed by atoms with Crippen molar-refractivity contribution in [3.63, 3.8) is 0 Å². The van der Waals surface area contributed by atoms with Gasteiger partial charge in [-0.1, -0.05) is 18.2 Å². The highest BCUT2D eigenvalue weighted by Crippen LogP contribution is 2.43.